The zero-order valence-electron chi connectivity index (χ0n) is 12.7. The fraction of sp³-hybridized carbons (Fsp3) is 0.750. The quantitative estimate of drug-likeness (QED) is 0.815. The van der Waals surface area contributed by atoms with Crippen molar-refractivity contribution in [2.45, 2.75) is 57.8 Å². The van der Waals surface area contributed by atoms with Crippen LogP contribution in [0.5, 0.6) is 0 Å². The third kappa shape index (κ3) is 3.32. The first-order valence-electron chi connectivity index (χ1n) is 8.02. The number of aliphatic hydroxyl groups excluding tert-OH is 1. The minimum absolute atomic E-state index is 0.00185. The second-order valence-electron chi connectivity index (χ2n) is 6.69. The van der Waals surface area contributed by atoms with E-state index in [0.29, 0.717) is 11.1 Å². The molecule has 0 spiro atoms. The van der Waals surface area contributed by atoms with Gasteiger partial charge in [0.1, 0.15) is 16.8 Å². The number of aromatic nitrogens is 2. The summed E-state index contributed by atoms with van der Waals surface area (Å²) < 4.78 is 0. The Morgan fingerprint density at radius 1 is 1.24 bits per heavy atom. The zero-order valence-corrected chi connectivity index (χ0v) is 13.4. The van der Waals surface area contributed by atoms with Crippen LogP contribution in [0.15, 0.2) is 0 Å². The van der Waals surface area contributed by atoms with E-state index < -0.39 is 0 Å². The van der Waals surface area contributed by atoms with Crippen LogP contribution in [0.3, 0.4) is 0 Å². The van der Waals surface area contributed by atoms with E-state index in [1.54, 1.807) is 0 Å². The van der Waals surface area contributed by atoms with Crippen LogP contribution >= 0.6 is 11.6 Å². The van der Waals surface area contributed by atoms with Crippen molar-refractivity contribution in [1.82, 2.24) is 9.97 Å². The molecule has 1 heterocycles. The predicted octanol–water partition coefficient (Wildman–Crippen LogP) is 3.67. The molecule has 1 aromatic heterocycles. The van der Waals surface area contributed by atoms with Gasteiger partial charge in [0.05, 0.1) is 6.61 Å². The summed E-state index contributed by atoms with van der Waals surface area (Å²) in [5, 5.41) is 13.8. The van der Waals surface area contributed by atoms with Crippen molar-refractivity contribution in [2.24, 2.45) is 5.41 Å². The van der Waals surface area contributed by atoms with Gasteiger partial charge in [-0.1, -0.05) is 30.9 Å². The van der Waals surface area contributed by atoms with Crippen LogP contribution in [0.4, 0.5) is 5.82 Å². The Kier molecular flexibility index (Phi) is 4.36. The maximum Gasteiger partial charge on any atom is 0.137 e. The molecule has 2 saturated carbocycles. The van der Waals surface area contributed by atoms with E-state index in [1.165, 1.54) is 32.1 Å². The molecule has 0 unspecified atom stereocenters. The Hall–Kier alpha value is -0.870. The summed E-state index contributed by atoms with van der Waals surface area (Å²) in [4.78, 5) is 9.05. The van der Waals surface area contributed by atoms with Gasteiger partial charge >= 0.3 is 0 Å². The first kappa shape index (κ1) is 15.0. The topological polar surface area (TPSA) is 58.0 Å². The standard InChI is InChI=1S/C16H24ClN3O/c1-11-13(17)19-15(12-5-6-12)20-14(11)18-9-16(10-21)7-3-2-4-8-16/h12,21H,2-10H2,1H3,(H,18,19,20). The minimum Gasteiger partial charge on any atom is -0.396 e. The van der Waals surface area contributed by atoms with E-state index in [9.17, 15) is 5.11 Å². The van der Waals surface area contributed by atoms with Crippen molar-refractivity contribution in [3.63, 3.8) is 0 Å². The van der Waals surface area contributed by atoms with Gasteiger partial charge in [-0.2, -0.15) is 0 Å². The molecule has 0 aliphatic heterocycles. The Bertz CT molecular complexity index is 510. The highest BCUT2D eigenvalue weighted by Crippen LogP contribution is 2.40. The van der Waals surface area contributed by atoms with Crippen molar-refractivity contribution in [3.05, 3.63) is 16.5 Å². The first-order chi connectivity index (χ1) is 10.1. The fourth-order valence-electron chi connectivity index (χ4n) is 3.17. The van der Waals surface area contributed by atoms with Crippen LogP contribution in [-0.2, 0) is 0 Å². The highest BCUT2D eigenvalue weighted by atomic mass is 35.5. The Labute approximate surface area is 131 Å². The van der Waals surface area contributed by atoms with Crippen LogP contribution in [0, 0.1) is 12.3 Å². The van der Waals surface area contributed by atoms with Crippen LogP contribution in [0.2, 0.25) is 5.15 Å². The van der Waals surface area contributed by atoms with E-state index >= 15 is 0 Å². The molecule has 2 aliphatic carbocycles. The predicted molar refractivity (Wildman–Crippen MR) is 84.8 cm³/mol. The number of nitrogens with zero attached hydrogens (tertiary/aromatic N) is 2. The van der Waals surface area contributed by atoms with E-state index in [-0.39, 0.29) is 12.0 Å². The number of anilines is 1. The third-order valence-corrected chi connectivity index (χ3v) is 5.29. The summed E-state index contributed by atoms with van der Waals surface area (Å²) in [5.74, 6) is 2.20. The summed E-state index contributed by atoms with van der Waals surface area (Å²) >= 11 is 6.24. The molecule has 2 fully saturated rings. The lowest BCUT2D eigenvalue weighted by atomic mass is 9.74. The highest BCUT2D eigenvalue weighted by Gasteiger charge is 2.32. The van der Waals surface area contributed by atoms with Crippen LogP contribution < -0.4 is 5.32 Å². The molecule has 2 aliphatic rings. The smallest absolute Gasteiger partial charge is 0.137 e. The molecule has 0 aromatic carbocycles. The number of hydrogen-bond acceptors (Lipinski definition) is 4. The molecule has 0 saturated heterocycles. The van der Waals surface area contributed by atoms with Gasteiger partial charge in [-0.05, 0) is 32.6 Å². The van der Waals surface area contributed by atoms with Crippen LogP contribution in [-0.4, -0.2) is 28.2 Å². The van der Waals surface area contributed by atoms with Gasteiger partial charge in [0.25, 0.3) is 0 Å². The second-order valence-corrected chi connectivity index (χ2v) is 7.05. The molecule has 1 aromatic rings. The van der Waals surface area contributed by atoms with Gasteiger partial charge in [-0.15, -0.1) is 0 Å². The van der Waals surface area contributed by atoms with E-state index in [2.05, 4.69) is 15.3 Å². The maximum absolute atomic E-state index is 9.80. The molecule has 3 rings (SSSR count). The number of aliphatic hydroxyl groups is 1. The Morgan fingerprint density at radius 2 is 1.95 bits per heavy atom. The van der Waals surface area contributed by atoms with Crippen molar-refractivity contribution in [2.75, 3.05) is 18.5 Å². The molecule has 21 heavy (non-hydrogen) atoms. The molecule has 4 nitrogen and oxygen atoms in total. The van der Waals surface area contributed by atoms with Gasteiger partial charge in [0.15, 0.2) is 0 Å². The second kappa shape index (κ2) is 6.09. The lowest BCUT2D eigenvalue weighted by molar-refractivity contribution is 0.0943. The lowest BCUT2D eigenvalue weighted by Crippen LogP contribution is -2.36. The molecule has 0 bridgehead atoms. The fourth-order valence-corrected chi connectivity index (χ4v) is 3.34. The summed E-state index contributed by atoms with van der Waals surface area (Å²) in [6, 6.07) is 0. The number of nitrogens with one attached hydrogen (secondary N) is 1. The van der Waals surface area contributed by atoms with Gasteiger partial charge in [-0.3, -0.25) is 0 Å². The van der Waals surface area contributed by atoms with Crippen LogP contribution in [0.25, 0.3) is 0 Å². The van der Waals surface area contributed by atoms with Gasteiger partial charge in [0, 0.05) is 23.4 Å². The van der Waals surface area contributed by atoms with Crippen LogP contribution in [0.1, 0.15) is 62.3 Å². The SMILES string of the molecule is Cc1c(Cl)nc(C2CC2)nc1NCC1(CO)CCCCC1. The van der Waals surface area contributed by atoms with Crippen molar-refractivity contribution >= 4 is 17.4 Å². The lowest BCUT2D eigenvalue weighted by Gasteiger charge is -2.36. The van der Waals surface area contributed by atoms with E-state index in [0.717, 1.165) is 36.6 Å². The highest BCUT2D eigenvalue weighted by molar-refractivity contribution is 6.30. The van der Waals surface area contributed by atoms with Crippen molar-refractivity contribution in [3.8, 4) is 0 Å². The summed E-state index contributed by atoms with van der Waals surface area (Å²) in [6.45, 7) is 2.96. The molecule has 0 radical (unpaired) electrons. The van der Waals surface area contributed by atoms with Crippen molar-refractivity contribution < 1.29 is 5.11 Å². The summed E-state index contributed by atoms with van der Waals surface area (Å²) in [7, 11) is 0. The third-order valence-electron chi connectivity index (χ3n) is 4.93. The number of halogens is 1. The van der Waals surface area contributed by atoms with E-state index in [4.69, 9.17) is 11.6 Å². The van der Waals surface area contributed by atoms with Gasteiger partial charge in [0.2, 0.25) is 0 Å². The normalized spacial score (nSPS) is 21.3. The minimum atomic E-state index is 0.00185. The molecule has 5 heteroatoms. The van der Waals surface area contributed by atoms with Crippen molar-refractivity contribution in [1.29, 1.82) is 0 Å². The molecule has 2 N–H and O–H groups in total. The molecular formula is C16H24ClN3O. The van der Waals surface area contributed by atoms with E-state index in [1.807, 2.05) is 6.92 Å². The number of hydrogen-bond donors (Lipinski definition) is 2. The molecule has 116 valence electrons. The monoisotopic (exact) mass is 309 g/mol. The number of rotatable bonds is 5. The molecular weight excluding hydrogens is 286 g/mol. The average Bonchev–Trinajstić information content (AvgIpc) is 3.34. The van der Waals surface area contributed by atoms with Gasteiger partial charge < -0.3 is 10.4 Å². The molecule has 0 amide bonds. The average molecular weight is 310 g/mol. The maximum atomic E-state index is 9.80. The first-order valence-corrected chi connectivity index (χ1v) is 8.40. The van der Waals surface area contributed by atoms with Gasteiger partial charge in [-0.25, -0.2) is 9.97 Å². The Morgan fingerprint density at radius 3 is 2.57 bits per heavy atom. The largest absolute Gasteiger partial charge is 0.396 e. The summed E-state index contributed by atoms with van der Waals surface area (Å²) in [5.41, 5.74) is 0.909. The zero-order chi connectivity index (χ0) is 14.9. The summed E-state index contributed by atoms with van der Waals surface area (Å²) in [6.07, 6.45) is 8.20. The Balaban J connectivity index is 1.74. The molecule has 0 atom stereocenters.